The molecular formula is C14H28N2O2. The number of nitrogens with one attached hydrogen (secondary N) is 1. The van der Waals surface area contributed by atoms with E-state index in [1.54, 1.807) is 0 Å². The number of carbonyl (C=O) groups is 1. The molecule has 0 aromatic heterocycles. The van der Waals surface area contributed by atoms with Crippen LogP contribution in [0.1, 0.15) is 39.5 Å². The molecule has 0 bridgehead atoms. The molecule has 1 aliphatic rings. The zero-order valence-electron chi connectivity index (χ0n) is 12.1. The van der Waals surface area contributed by atoms with Crippen LogP contribution in [0, 0.1) is 5.92 Å². The van der Waals surface area contributed by atoms with Crippen LogP contribution in [0.15, 0.2) is 0 Å². The van der Waals surface area contributed by atoms with E-state index in [9.17, 15) is 4.79 Å². The Kier molecular flexibility index (Phi) is 7.28. The van der Waals surface area contributed by atoms with Gasteiger partial charge in [0.2, 0.25) is 0 Å². The standard InChI is InChI=1S/C14H28N2O2/c1-4-8-16-10-12(6-7-14(17)18-3)9-13(11-16)15-5-2/h12-13,15H,4-11H2,1-3H3. The number of esters is 1. The zero-order valence-corrected chi connectivity index (χ0v) is 12.1. The van der Waals surface area contributed by atoms with E-state index in [4.69, 9.17) is 4.74 Å². The molecule has 0 spiro atoms. The van der Waals surface area contributed by atoms with Gasteiger partial charge < -0.3 is 15.0 Å². The van der Waals surface area contributed by atoms with Gasteiger partial charge in [-0.2, -0.15) is 0 Å². The molecule has 0 aliphatic carbocycles. The third-order valence-corrected chi connectivity index (χ3v) is 3.63. The lowest BCUT2D eigenvalue weighted by Gasteiger charge is -2.38. The lowest BCUT2D eigenvalue weighted by molar-refractivity contribution is -0.141. The van der Waals surface area contributed by atoms with Gasteiger partial charge in [0.25, 0.3) is 0 Å². The van der Waals surface area contributed by atoms with Gasteiger partial charge in [0.1, 0.15) is 0 Å². The Labute approximate surface area is 111 Å². The SMILES string of the molecule is CCCN1CC(CCC(=O)OC)CC(NCC)C1. The average molecular weight is 256 g/mol. The number of likely N-dealkylation sites (tertiary alicyclic amines) is 1. The third kappa shape index (κ3) is 5.36. The maximum atomic E-state index is 11.2. The van der Waals surface area contributed by atoms with Gasteiger partial charge in [-0.3, -0.25) is 4.79 Å². The van der Waals surface area contributed by atoms with Crippen LogP contribution in [-0.4, -0.2) is 50.2 Å². The molecule has 0 radical (unpaired) electrons. The van der Waals surface area contributed by atoms with Gasteiger partial charge in [0, 0.05) is 25.6 Å². The van der Waals surface area contributed by atoms with E-state index in [1.165, 1.54) is 20.0 Å². The van der Waals surface area contributed by atoms with Crippen LogP contribution in [0.4, 0.5) is 0 Å². The van der Waals surface area contributed by atoms with E-state index in [1.807, 2.05) is 0 Å². The summed E-state index contributed by atoms with van der Waals surface area (Å²) >= 11 is 0. The normalized spacial score (nSPS) is 25.1. The van der Waals surface area contributed by atoms with E-state index < -0.39 is 0 Å². The first-order chi connectivity index (χ1) is 8.69. The Morgan fingerprint density at radius 2 is 2.17 bits per heavy atom. The van der Waals surface area contributed by atoms with Gasteiger partial charge in [0.15, 0.2) is 0 Å². The number of likely N-dealkylation sites (N-methyl/N-ethyl adjacent to an activating group) is 1. The molecule has 2 unspecified atom stereocenters. The minimum atomic E-state index is -0.0809. The Morgan fingerprint density at radius 3 is 2.78 bits per heavy atom. The van der Waals surface area contributed by atoms with Gasteiger partial charge in [-0.05, 0) is 38.3 Å². The lowest BCUT2D eigenvalue weighted by atomic mass is 9.90. The first kappa shape index (κ1) is 15.4. The summed E-state index contributed by atoms with van der Waals surface area (Å²) in [5.41, 5.74) is 0. The van der Waals surface area contributed by atoms with Crippen molar-refractivity contribution in [2.24, 2.45) is 5.92 Å². The van der Waals surface area contributed by atoms with Crippen LogP contribution in [0.5, 0.6) is 0 Å². The number of rotatable bonds is 7. The molecule has 4 nitrogen and oxygen atoms in total. The van der Waals surface area contributed by atoms with E-state index >= 15 is 0 Å². The Balaban J connectivity index is 2.42. The molecule has 1 rings (SSSR count). The molecule has 106 valence electrons. The molecule has 1 aliphatic heterocycles. The van der Waals surface area contributed by atoms with Crippen molar-refractivity contribution in [3.05, 3.63) is 0 Å². The minimum Gasteiger partial charge on any atom is -0.469 e. The second-order valence-corrected chi connectivity index (χ2v) is 5.23. The van der Waals surface area contributed by atoms with E-state index in [0.717, 1.165) is 32.6 Å². The van der Waals surface area contributed by atoms with Crippen LogP contribution in [0.2, 0.25) is 0 Å². The van der Waals surface area contributed by atoms with Crippen molar-refractivity contribution < 1.29 is 9.53 Å². The van der Waals surface area contributed by atoms with Crippen molar-refractivity contribution in [3.8, 4) is 0 Å². The highest BCUT2D eigenvalue weighted by atomic mass is 16.5. The molecule has 1 saturated heterocycles. The molecule has 1 N–H and O–H groups in total. The molecular weight excluding hydrogens is 228 g/mol. The zero-order chi connectivity index (χ0) is 13.4. The molecule has 0 saturated carbocycles. The van der Waals surface area contributed by atoms with E-state index in [-0.39, 0.29) is 5.97 Å². The van der Waals surface area contributed by atoms with Crippen molar-refractivity contribution in [2.75, 3.05) is 33.3 Å². The number of methoxy groups -OCH3 is 1. The Hall–Kier alpha value is -0.610. The summed E-state index contributed by atoms with van der Waals surface area (Å²) in [7, 11) is 1.47. The van der Waals surface area contributed by atoms with Gasteiger partial charge in [0.05, 0.1) is 7.11 Å². The summed E-state index contributed by atoms with van der Waals surface area (Å²) in [5.74, 6) is 0.538. The second kappa shape index (κ2) is 8.48. The van der Waals surface area contributed by atoms with Crippen LogP contribution in [0.25, 0.3) is 0 Å². The quantitative estimate of drug-likeness (QED) is 0.703. The molecule has 0 aromatic rings. The van der Waals surface area contributed by atoms with Gasteiger partial charge in [-0.15, -0.1) is 0 Å². The molecule has 0 amide bonds. The van der Waals surface area contributed by atoms with Gasteiger partial charge in [-0.25, -0.2) is 0 Å². The Bertz CT molecular complexity index is 232. The molecule has 1 heterocycles. The predicted octanol–water partition coefficient (Wildman–Crippen LogP) is 1.65. The topological polar surface area (TPSA) is 41.6 Å². The summed E-state index contributed by atoms with van der Waals surface area (Å²) in [6.45, 7) is 8.84. The second-order valence-electron chi connectivity index (χ2n) is 5.23. The predicted molar refractivity (Wildman–Crippen MR) is 73.6 cm³/mol. The number of hydrogen-bond donors (Lipinski definition) is 1. The largest absolute Gasteiger partial charge is 0.469 e. The maximum Gasteiger partial charge on any atom is 0.305 e. The van der Waals surface area contributed by atoms with Crippen LogP contribution < -0.4 is 5.32 Å². The highest BCUT2D eigenvalue weighted by Crippen LogP contribution is 2.21. The maximum absolute atomic E-state index is 11.2. The van der Waals surface area contributed by atoms with Crippen LogP contribution in [-0.2, 0) is 9.53 Å². The van der Waals surface area contributed by atoms with Crippen molar-refractivity contribution in [1.82, 2.24) is 10.2 Å². The highest BCUT2D eigenvalue weighted by Gasteiger charge is 2.26. The number of hydrogen-bond acceptors (Lipinski definition) is 4. The highest BCUT2D eigenvalue weighted by molar-refractivity contribution is 5.69. The first-order valence-corrected chi connectivity index (χ1v) is 7.22. The molecule has 18 heavy (non-hydrogen) atoms. The fourth-order valence-electron chi connectivity index (χ4n) is 2.87. The number of nitrogens with zero attached hydrogens (tertiary/aromatic N) is 1. The minimum absolute atomic E-state index is 0.0809. The fraction of sp³-hybridized carbons (Fsp3) is 0.929. The van der Waals surface area contributed by atoms with Crippen molar-refractivity contribution >= 4 is 5.97 Å². The molecule has 4 heteroatoms. The summed E-state index contributed by atoms with van der Waals surface area (Å²) in [6.07, 6.45) is 3.89. The fourth-order valence-corrected chi connectivity index (χ4v) is 2.87. The van der Waals surface area contributed by atoms with Crippen molar-refractivity contribution in [1.29, 1.82) is 0 Å². The number of carbonyl (C=O) groups excluding carboxylic acids is 1. The monoisotopic (exact) mass is 256 g/mol. The van der Waals surface area contributed by atoms with Crippen molar-refractivity contribution in [3.63, 3.8) is 0 Å². The Morgan fingerprint density at radius 1 is 1.39 bits per heavy atom. The summed E-state index contributed by atoms with van der Waals surface area (Å²) < 4.78 is 4.72. The molecule has 2 atom stereocenters. The van der Waals surface area contributed by atoms with Crippen LogP contribution in [0.3, 0.4) is 0 Å². The summed E-state index contributed by atoms with van der Waals surface area (Å²) in [6, 6.07) is 0.581. The van der Waals surface area contributed by atoms with Gasteiger partial charge >= 0.3 is 5.97 Å². The van der Waals surface area contributed by atoms with Crippen molar-refractivity contribution in [2.45, 2.75) is 45.6 Å². The number of piperidine rings is 1. The van der Waals surface area contributed by atoms with Gasteiger partial charge in [-0.1, -0.05) is 13.8 Å². The molecule has 1 fully saturated rings. The lowest BCUT2D eigenvalue weighted by Crippen LogP contribution is -2.49. The first-order valence-electron chi connectivity index (χ1n) is 7.22. The molecule has 0 aromatic carbocycles. The van der Waals surface area contributed by atoms with Crippen LogP contribution >= 0.6 is 0 Å². The van der Waals surface area contributed by atoms with E-state index in [2.05, 4.69) is 24.1 Å². The third-order valence-electron chi connectivity index (χ3n) is 3.63. The number of ether oxygens (including phenoxy) is 1. The van der Waals surface area contributed by atoms with E-state index in [0.29, 0.717) is 18.4 Å². The summed E-state index contributed by atoms with van der Waals surface area (Å²) in [4.78, 5) is 13.7. The summed E-state index contributed by atoms with van der Waals surface area (Å²) in [5, 5.41) is 3.55. The smallest absolute Gasteiger partial charge is 0.305 e. The average Bonchev–Trinajstić information content (AvgIpc) is 2.36.